The van der Waals surface area contributed by atoms with Crippen LogP contribution in [0.5, 0.6) is 5.75 Å². The molecule has 1 heterocycles. The Morgan fingerprint density at radius 1 is 1.13 bits per heavy atom. The zero-order chi connectivity index (χ0) is 16.4. The minimum Gasteiger partial charge on any atom is -0.490 e. The predicted octanol–water partition coefficient (Wildman–Crippen LogP) is 5.70. The van der Waals surface area contributed by atoms with Crippen LogP contribution in [0.1, 0.15) is 64.4 Å². The molecule has 0 radical (unpaired) electrons. The van der Waals surface area contributed by atoms with Crippen LogP contribution in [0, 0.1) is 0 Å². The molecule has 2 heteroatoms. The van der Waals surface area contributed by atoms with Crippen molar-refractivity contribution in [2.75, 3.05) is 13.2 Å². The van der Waals surface area contributed by atoms with Crippen LogP contribution in [-0.4, -0.2) is 18.8 Å². The molecule has 0 N–H and O–H groups in total. The zero-order valence-electron chi connectivity index (χ0n) is 14.9. The monoisotopic (exact) mass is 316 g/mol. The summed E-state index contributed by atoms with van der Waals surface area (Å²) in [6.45, 7) is 5.81. The van der Waals surface area contributed by atoms with Gasteiger partial charge in [0, 0.05) is 0 Å². The zero-order valence-corrected chi connectivity index (χ0v) is 14.9. The molecule has 0 bridgehead atoms. The number of hydrogen-bond donors (Lipinski definition) is 0. The van der Waals surface area contributed by atoms with E-state index in [4.69, 9.17) is 9.47 Å². The molecule has 2 rings (SSSR count). The lowest BCUT2D eigenvalue weighted by molar-refractivity contribution is 0.202. The summed E-state index contributed by atoms with van der Waals surface area (Å²) in [7, 11) is 0. The molecule has 1 unspecified atom stereocenters. The molecule has 0 spiro atoms. The standard InChI is InChI=1S/C21H32O2/c1-3-4-5-6-7-8-9-10-11-13-19-14-12-15-20(16-19)22-17-21(2)18-23-21/h9-10,12,14-16H,3-8,11,13,17-18H2,1-2H3/b10-9+. The van der Waals surface area contributed by atoms with Gasteiger partial charge in [0.1, 0.15) is 18.0 Å². The largest absolute Gasteiger partial charge is 0.490 e. The Morgan fingerprint density at radius 2 is 1.91 bits per heavy atom. The number of aryl methyl sites for hydroxylation is 1. The van der Waals surface area contributed by atoms with Gasteiger partial charge in [0.05, 0.1) is 6.61 Å². The molecule has 1 aliphatic rings. The average Bonchev–Trinajstić information content (AvgIpc) is 3.30. The van der Waals surface area contributed by atoms with Crippen LogP contribution in [0.25, 0.3) is 0 Å². The van der Waals surface area contributed by atoms with Crippen LogP contribution in [0.3, 0.4) is 0 Å². The van der Waals surface area contributed by atoms with Crippen molar-refractivity contribution in [3.63, 3.8) is 0 Å². The van der Waals surface area contributed by atoms with Crippen molar-refractivity contribution in [1.29, 1.82) is 0 Å². The van der Waals surface area contributed by atoms with Gasteiger partial charge < -0.3 is 9.47 Å². The second-order valence-corrected chi connectivity index (χ2v) is 6.89. The summed E-state index contributed by atoms with van der Waals surface area (Å²) < 4.78 is 11.2. The number of benzene rings is 1. The van der Waals surface area contributed by atoms with E-state index in [-0.39, 0.29) is 5.60 Å². The molecule has 0 aromatic heterocycles. The highest BCUT2D eigenvalue weighted by Gasteiger charge is 2.40. The Bertz CT molecular complexity index is 474. The second-order valence-electron chi connectivity index (χ2n) is 6.89. The fourth-order valence-electron chi connectivity index (χ4n) is 2.58. The van der Waals surface area contributed by atoms with Crippen LogP contribution >= 0.6 is 0 Å². The van der Waals surface area contributed by atoms with Crippen molar-refractivity contribution in [2.45, 2.75) is 70.8 Å². The maximum atomic E-state index is 5.82. The Labute approximate surface area is 141 Å². The summed E-state index contributed by atoms with van der Waals surface area (Å²) in [5, 5.41) is 0. The van der Waals surface area contributed by atoms with Crippen molar-refractivity contribution in [3.8, 4) is 5.75 Å². The van der Waals surface area contributed by atoms with Gasteiger partial charge in [-0.3, -0.25) is 0 Å². The van der Waals surface area contributed by atoms with E-state index >= 15 is 0 Å². The molecular weight excluding hydrogens is 284 g/mol. The van der Waals surface area contributed by atoms with Gasteiger partial charge in [-0.1, -0.05) is 56.9 Å². The smallest absolute Gasteiger partial charge is 0.123 e. The van der Waals surface area contributed by atoms with Crippen LogP contribution < -0.4 is 4.74 Å². The van der Waals surface area contributed by atoms with Crippen molar-refractivity contribution in [1.82, 2.24) is 0 Å². The Hall–Kier alpha value is -1.28. The molecular formula is C21H32O2. The Balaban J connectivity index is 1.59. The van der Waals surface area contributed by atoms with Gasteiger partial charge in [-0.2, -0.15) is 0 Å². The van der Waals surface area contributed by atoms with Crippen LogP contribution in [0.15, 0.2) is 36.4 Å². The summed E-state index contributed by atoms with van der Waals surface area (Å²) in [4.78, 5) is 0. The maximum absolute atomic E-state index is 5.82. The highest BCUT2D eigenvalue weighted by Crippen LogP contribution is 2.27. The number of epoxide rings is 1. The van der Waals surface area contributed by atoms with E-state index in [2.05, 4.69) is 44.2 Å². The fourth-order valence-corrected chi connectivity index (χ4v) is 2.58. The van der Waals surface area contributed by atoms with Gasteiger partial charge in [0.2, 0.25) is 0 Å². The fraction of sp³-hybridized carbons (Fsp3) is 0.619. The van der Waals surface area contributed by atoms with Crippen molar-refractivity contribution in [2.24, 2.45) is 0 Å². The van der Waals surface area contributed by atoms with Gasteiger partial charge in [-0.25, -0.2) is 0 Å². The minimum absolute atomic E-state index is 0.0458. The molecule has 0 saturated carbocycles. The molecule has 23 heavy (non-hydrogen) atoms. The van der Waals surface area contributed by atoms with Gasteiger partial charge in [-0.05, 0) is 50.3 Å². The molecule has 1 aliphatic heterocycles. The van der Waals surface area contributed by atoms with E-state index in [1.807, 2.05) is 6.07 Å². The Kier molecular flexibility index (Phi) is 7.67. The first-order valence-corrected chi connectivity index (χ1v) is 9.22. The van der Waals surface area contributed by atoms with Crippen LogP contribution in [-0.2, 0) is 11.2 Å². The van der Waals surface area contributed by atoms with E-state index in [9.17, 15) is 0 Å². The van der Waals surface area contributed by atoms with E-state index in [1.165, 1.54) is 44.1 Å². The van der Waals surface area contributed by atoms with Crippen molar-refractivity contribution < 1.29 is 9.47 Å². The van der Waals surface area contributed by atoms with E-state index < -0.39 is 0 Å². The summed E-state index contributed by atoms with van der Waals surface area (Å²) >= 11 is 0. The van der Waals surface area contributed by atoms with Gasteiger partial charge in [0.25, 0.3) is 0 Å². The SMILES string of the molecule is CCCCCCC/C=C/CCc1cccc(OCC2(C)CO2)c1. The number of ether oxygens (including phenoxy) is 2. The molecule has 1 aromatic rings. The number of unbranched alkanes of at least 4 members (excludes halogenated alkanes) is 5. The lowest BCUT2D eigenvalue weighted by atomic mass is 10.1. The third-order valence-corrected chi connectivity index (χ3v) is 4.32. The van der Waals surface area contributed by atoms with Gasteiger partial charge in [0.15, 0.2) is 0 Å². The van der Waals surface area contributed by atoms with Crippen LogP contribution in [0.2, 0.25) is 0 Å². The summed E-state index contributed by atoms with van der Waals surface area (Å²) in [5.41, 5.74) is 1.30. The normalized spacial score (nSPS) is 20.1. The third-order valence-electron chi connectivity index (χ3n) is 4.32. The number of allylic oxidation sites excluding steroid dienone is 2. The molecule has 0 amide bonds. The highest BCUT2D eigenvalue weighted by molar-refractivity contribution is 5.29. The lowest BCUT2D eigenvalue weighted by Gasteiger charge is -2.09. The summed E-state index contributed by atoms with van der Waals surface area (Å²) in [6, 6.07) is 8.45. The topological polar surface area (TPSA) is 21.8 Å². The van der Waals surface area contributed by atoms with E-state index in [0.717, 1.165) is 25.2 Å². The molecule has 1 atom stereocenters. The minimum atomic E-state index is -0.0458. The first-order chi connectivity index (χ1) is 11.2. The average molecular weight is 316 g/mol. The third kappa shape index (κ3) is 7.69. The maximum Gasteiger partial charge on any atom is 0.123 e. The summed E-state index contributed by atoms with van der Waals surface area (Å²) in [5.74, 6) is 0.958. The highest BCUT2D eigenvalue weighted by atomic mass is 16.6. The van der Waals surface area contributed by atoms with Crippen LogP contribution in [0.4, 0.5) is 0 Å². The molecule has 128 valence electrons. The quantitative estimate of drug-likeness (QED) is 0.280. The van der Waals surface area contributed by atoms with Crippen molar-refractivity contribution >= 4 is 0 Å². The molecule has 1 aromatic carbocycles. The lowest BCUT2D eigenvalue weighted by Crippen LogP contribution is -2.16. The van der Waals surface area contributed by atoms with Gasteiger partial charge in [-0.15, -0.1) is 0 Å². The molecule has 1 saturated heterocycles. The molecule has 1 fully saturated rings. The number of rotatable bonds is 12. The first kappa shape index (κ1) is 18.1. The Morgan fingerprint density at radius 3 is 2.70 bits per heavy atom. The molecule has 0 aliphatic carbocycles. The number of hydrogen-bond acceptors (Lipinski definition) is 2. The molecule has 2 nitrogen and oxygen atoms in total. The second kappa shape index (κ2) is 9.77. The summed E-state index contributed by atoms with van der Waals surface area (Å²) in [6.07, 6.45) is 14.9. The van der Waals surface area contributed by atoms with Gasteiger partial charge >= 0.3 is 0 Å². The van der Waals surface area contributed by atoms with E-state index in [1.54, 1.807) is 0 Å². The predicted molar refractivity (Wildman–Crippen MR) is 97.1 cm³/mol. The first-order valence-electron chi connectivity index (χ1n) is 9.22. The van der Waals surface area contributed by atoms with E-state index in [0.29, 0.717) is 6.61 Å². The van der Waals surface area contributed by atoms with Crippen molar-refractivity contribution in [3.05, 3.63) is 42.0 Å².